The number of rotatable bonds is 5. The van der Waals surface area contributed by atoms with Gasteiger partial charge in [-0.25, -0.2) is 0 Å². The minimum atomic E-state index is -4.29. The Morgan fingerprint density at radius 2 is 2.26 bits per heavy atom. The molecule has 1 aliphatic heterocycles. The van der Waals surface area contributed by atoms with Crippen LogP contribution in [0.1, 0.15) is 12.2 Å². The minimum absolute atomic E-state index is 0.0480. The van der Waals surface area contributed by atoms with Crippen LogP contribution in [-0.2, 0) is 11.2 Å². The van der Waals surface area contributed by atoms with Crippen molar-refractivity contribution < 1.29 is 17.9 Å². The Morgan fingerprint density at radius 3 is 2.89 bits per heavy atom. The molecule has 0 aromatic carbocycles. The number of aromatic amines is 1. The van der Waals surface area contributed by atoms with Crippen LogP contribution < -0.4 is 10.6 Å². The Morgan fingerprint density at radius 1 is 1.47 bits per heavy atom. The van der Waals surface area contributed by atoms with E-state index in [2.05, 4.69) is 19.9 Å². The maximum absolute atomic E-state index is 11.8. The third-order valence-corrected chi connectivity index (χ3v) is 2.78. The second-order valence-electron chi connectivity index (χ2n) is 4.49. The molecule has 1 fully saturated rings. The van der Waals surface area contributed by atoms with E-state index in [1.165, 1.54) is 0 Å². The van der Waals surface area contributed by atoms with E-state index >= 15 is 0 Å². The summed E-state index contributed by atoms with van der Waals surface area (Å²) in [6.07, 6.45) is -3.14. The van der Waals surface area contributed by atoms with Crippen molar-refractivity contribution in [1.82, 2.24) is 15.2 Å². The van der Waals surface area contributed by atoms with E-state index < -0.39 is 12.8 Å². The molecule has 1 unspecified atom stereocenters. The highest BCUT2D eigenvalue weighted by Crippen LogP contribution is 2.16. The van der Waals surface area contributed by atoms with Gasteiger partial charge >= 0.3 is 6.18 Å². The number of nitrogens with two attached hydrogens (primary N) is 1. The summed E-state index contributed by atoms with van der Waals surface area (Å²) in [5.74, 6) is 1.05. The molecule has 9 heteroatoms. The fraction of sp³-hybridized carbons (Fsp3) is 0.800. The normalized spacial score (nSPS) is 20.2. The molecule has 1 saturated heterocycles. The van der Waals surface area contributed by atoms with Crippen LogP contribution >= 0.6 is 0 Å². The zero-order chi connectivity index (χ0) is 13.9. The van der Waals surface area contributed by atoms with E-state index in [4.69, 9.17) is 5.73 Å². The topological polar surface area (TPSA) is 80.1 Å². The average Bonchev–Trinajstić information content (AvgIpc) is 2.92. The zero-order valence-electron chi connectivity index (χ0n) is 10.3. The number of H-pyrrole nitrogens is 1. The SMILES string of the molecule is NC1CCN(c2n[nH]c(CCOCC(F)(F)F)n2)C1. The van der Waals surface area contributed by atoms with Gasteiger partial charge in [0.05, 0.1) is 6.61 Å². The number of hydrogen-bond donors (Lipinski definition) is 2. The molecule has 0 aliphatic carbocycles. The standard InChI is InChI=1S/C10H16F3N5O/c11-10(12,13)6-19-4-2-8-15-9(17-16-8)18-3-1-7(14)5-18/h7H,1-6,14H2,(H,15,16,17). The van der Waals surface area contributed by atoms with E-state index in [0.717, 1.165) is 13.0 Å². The molecular formula is C10H16F3N5O. The van der Waals surface area contributed by atoms with E-state index in [9.17, 15) is 13.2 Å². The highest BCUT2D eigenvalue weighted by molar-refractivity contribution is 5.31. The first-order valence-electron chi connectivity index (χ1n) is 6.00. The maximum Gasteiger partial charge on any atom is 0.411 e. The van der Waals surface area contributed by atoms with Crippen LogP contribution in [-0.4, -0.2) is 53.7 Å². The molecule has 1 atom stereocenters. The summed E-state index contributed by atoms with van der Waals surface area (Å²) in [5.41, 5.74) is 5.77. The summed E-state index contributed by atoms with van der Waals surface area (Å²) in [7, 11) is 0. The van der Waals surface area contributed by atoms with Crippen molar-refractivity contribution in [1.29, 1.82) is 0 Å². The number of nitrogens with zero attached hydrogens (tertiary/aromatic N) is 3. The molecule has 0 amide bonds. The zero-order valence-corrected chi connectivity index (χ0v) is 10.3. The quantitative estimate of drug-likeness (QED) is 0.766. The van der Waals surface area contributed by atoms with Gasteiger partial charge in [0.15, 0.2) is 0 Å². The lowest BCUT2D eigenvalue weighted by molar-refractivity contribution is -0.173. The fourth-order valence-corrected chi connectivity index (χ4v) is 1.86. The number of hydrogen-bond acceptors (Lipinski definition) is 5. The first kappa shape index (κ1) is 14.1. The van der Waals surface area contributed by atoms with Crippen LogP contribution in [0.25, 0.3) is 0 Å². The van der Waals surface area contributed by atoms with E-state index in [1.54, 1.807) is 0 Å². The molecule has 0 saturated carbocycles. The summed E-state index contributed by atoms with van der Waals surface area (Å²) in [6.45, 7) is 0.202. The van der Waals surface area contributed by atoms with E-state index in [1.807, 2.05) is 4.90 Å². The first-order chi connectivity index (χ1) is 8.94. The monoisotopic (exact) mass is 279 g/mol. The van der Waals surface area contributed by atoms with E-state index in [0.29, 0.717) is 18.3 Å². The van der Waals surface area contributed by atoms with Gasteiger partial charge in [0.1, 0.15) is 12.4 Å². The van der Waals surface area contributed by atoms with Crippen molar-refractivity contribution in [3.05, 3.63) is 5.82 Å². The van der Waals surface area contributed by atoms with Gasteiger partial charge in [0.25, 0.3) is 0 Å². The molecule has 6 nitrogen and oxygen atoms in total. The molecule has 1 aromatic heterocycles. The van der Waals surface area contributed by atoms with Gasteiger partial charge in [-0.05, 0) is 6.42 Å². The van der Waals surface area contributed by atoms with Gasteiger partial charge < -0.3 is 15.4 Å². The van der Waals surface area contributed by atoms with Crippen LogP contribution in [0.4, 0.5) is 19.1 Å². The predicted octanol–water partition coefficient (Wildman–Crippen LogP) is 0.463. The molecule has 2 heterocycles. The molecule has 3 N–H and O–H groups in total. The van der Waals surface area contributed by atoms with Crippen LogP contribution in [0, 0.1) is 0 Å². The summed E-state index contributed by atoms with van der Waals surface area (Å²) >= 11 is 0. The Labute approximate surface area is 108 Å². The van der Waals surface area contributed by atoms with Crippen molar-refractivity contribution in [2.24, 2.45) is 5.73 Å². The van der Waals surface area contributed by atoms with Crippen LogP contribution in [0.3, 0.4) is 0 Å². The largest absolute Gasteiger partial charge is 0.411 e. The fourth-order valence-electron chi connectivity index (χ4n) is 1.86. The Kier molecular flexibility index (Phi) is 4.25. The number of ether oxygens (including phenoxy) is 1. The van der Waals surface area contributed by atoms with Gasteiger partial charge in [-0.1, -0.05) is 0 Å². The molecule has 1 aromatic rings. The predicted molar refractivity (Wildman–Crippen MR) is 61.8 cm³/mol. The molecule has 108 valence electrons. The Balaban J connectivity index is 1.75. The molecule has 1 aliphatic rings. The van der Waals surface area contributed by atoms with Crippen LogP contribution in [0.5, 0.6) is 0 Å². The van der Waals surface area contributed by atoms with Crippen molar-refractivity contribution in [2.75, 3.05) is 31.2 Å². The number of alkyl halides is 3. The molecule has 0 bridgehead atoms. The lowest BCUT2D eigenvalue weighted by atomic mass is 10.3. The number of anilines is 1. The van der Waals surface area contributed by atoms with Gasteiger partial charge in [0.2, 0.25) is 5.95 Å². The van der Waals surface area contributed by atoms with Crippen LogP contribution in [0.2, 0.25) is 0 Å². The number of aromatic nitrogens is 3. The highest BCUT2D eigenvalue weighted by atomic mass is 19.4. The summed E-state index contributed by atoms with van der Waals surface area (Å²) in [6, 6.07) is 0.122. The van der Waals surface area contributed by atoms with Gasteiger partial charge in [-0.3, -0.25) is 5.10 Å². The number of halogens is 3. The summed E-state index contributed by atoms with van der Waals surface area (Å²) in [5, 5.41) is 6.71. The van der Waals surface area contributed by atoms with Crippen molar-refractivity contribution in [3.63, 3.8) is 0 Å². The molecule has 2 rings (SSSR count). The minimum Gasteiger partial charge on any atom is -0.372 e. The Bertz CT molecular complexity index is 408. The van der Waals surface area contributed by atoms with Crippen molar-refractivity contribution in [2.45, 2.75) is 25.1 Å². The lowest BCUT2D eigenvalue weighted by Gasteiger charge is -2.11. The number of nitrogens with one attached hydrogen (secondary N) is 1. The van der Waals surface area contributed by atoms with Crippen LogP contribution in [0.15, 0.2) is 0 Å². The van der Waals surface area contributed by atoms with Crippen molar-refractivity contribution >= 4 is 5.95 Å². The van der Waals surface area contributed by atoms with Gasteiger partial charge in [0, 0.05) is 25.6 Å². The summed E-state index contributed by atoms with van der Waals surface area (Å²) < 4.78 is 40.0. The third-order valence-electron chi connectivity index (χ3n) is 2.78. The van der Waals surface area contributed by atoms with Gasteiger partial charge in [-0.15, -0.1) is 5.10 Å². The molecular weight excluding hydrogens is 263 g/mol. The lowest BCUT2D eigenvalue weighted by Crippen LogP contribution is -2.27. The Hall–Kier alpha value is -1.35. The highest BCUT2D eigenvalue weighted by Gasteiger charge is 2.27. The van der Waals surface area contributed by atoms with Gasteiger partial charge in [-0.2, -0.15) is 18.2 Å². The second-order valence-corrected chi connectivity index (χ2v) is 4.49. The maximum atomic E-state index is 11.8. The summed E-state index contributed by atoms with van der Waals surface area (Å²) in [4.78, 5) is 6.15. The smallest absolute Gasteiger partial charge is 0.372 e. The van der Waals surface area contributed by atoms with E-state index in [-0.39, 0.29) is 19.1 Å². The first-order valence-corrected chi connectivity index (χ1v) is 6.00. The third kappa shape index (κ3) is 4.35. The molecule has 0 spiro atoms. The average molecular weight is 279 g/mol. The second kappa shape index (κ2) is 5.74. The molecule has 0 radical (unpaired) electrons. The molecule has 19 heavy (non-hydrogen) atoms. The van der Waals surface area contributed by atoms with Crippen molar-refractivity contribution in [3.8, 4) is 0 Å².